The number of benzene rings is 1. The van der Waals surface area contributed by atoms with E-state index in [2.05, 4.69) is 11.1 Å². The highest BCUT2D eigenvalue weighted by Crippen LogP contribution is 2.29. The zero-order chi connectivity index (χ0) is 13.9. The van der Waals surface area contributed by atoms with E-state index >= 15 is 0 Å². The van der Waals surface area contributed by atoms with Crippen molar-refractivity contribution in [2.45, 2.75) is 4.90 Å². The molecule has 2 heterocycles. The van der Waals surface area contributed by atoms with Gasteiger partial charge in [-0.2, -0.15) is 0 Å². The smallest absolute Gasteiger partial charge is 0.152 e. The minimum atomic E-state index is 0.723. The van der Waals surface area contributed by atoms with Gasteiger partial charge in [-0.25, -0.2) is 4.98 Å². The molecule has 0 bridgehead atoms. The van der Waals surface area contributed by atoms with Gasteiger partial charge in [-0.3, -0.25) is 0 Å². The minimum Gasteiger partial charge on any atom is -0.463 e. The van der Waals surface area contributed by atoms with Crippen molar-refractivity contribution >= 4 is 23.4 Å². The molecule has 0 aliphatic rings. The number of thioether (sulfide) groups is 1. The maximum Gasteiger partial charge on any atom is 0.152 e. The van der Waals surface area contributed by atoms with Crippen molar-refractivity contribution in [2.24, 2.45) is 0 Å². The van der Waals surface area contributed by atoms with Crippen molar-refractivity contribution in [1.29, 1.82) is 0 Å². The highest BCUT2D eigenvalue weighted by molar-refractivity contribution is 7.98. The van der Waals surface area contributed by atoms with Crippen LogP contribution in [0.25, 0.3) is 22.7 Å². The average molecular weight is 302 g/mol. The van der Waals surface area contributed by atoms with Crippen LogP contribution in [0.4, 0.5) is 0 Å². The Kier molecular flexibility index (Phi) is 3.81. The summed E-state index contributed by atoms with van der Waals surface area (Å²) in [6.45, 7) is 0. The second-order valence-corrected chi connectivity index (χ2v) is 5.58. The molecule has 0 unspecified atom stereocenters. The first-order valence-corrected chi connectivity index (χ1v) is 7.72. The van der Waals surface area contributed by atoms with Crippen molar-refractivity contribution in [2.75, 3.05) is 6.26 Å². The molecule has 20 heavy (non-hydrogen) atoms. The number of halogens is 1. The molecule has 0 saturated carbocycles. The van der Waals surface area contributed by atoms with Crippen LogP contribution in [-0.2, 0) is 0 Å². The zero-order valence-corrected chi connectivity index (χ0v) is 12.4. The van der Waals surface area contributed by atoms with Gasteiger partial charge in [0.25, 0.3) is 0 Å². The van der Waals surface area contributed by atoms with Crippen LogP contribution in [-0.4, -0.2) is 11.2 Å². The van der Waals surface area contributed by atoms with Crippen LogP contribution in [0.15, 0.2) is 64.1 Å². The van der Waals surface area contributed by atoms with Gasteiger partial charge in [-0.05, 0) is 42.7 Å². The van der Waals surface area contributed by atoms with Gasteiger partial charge in [0.15, 0.2) is 5.76 Å². The number of hydrogen-bond donors (Lipinski definition) is 0. The van der Waals surface area contributed by atoms with Crippen molar-refractivity contribution < 1.29 is 4.42 Å². The fourth-order valence-corrected chi connectivity index (χ4v) is 2.53. The fourth-order valence-electron chi connectivity index (χ4n) is 1.94. The maximum atomic E-state index is 5.93. The molecule has 2 nitrogen and oxygen atoms in total. The molecule has 0 saturated heterocycles. The summed E-state index contributed by atoms with van der Waals surface area (Å²) in [5, 5.41) is 0.723. The lowest BCUT2D eigenvalue weighted by atomic mass is 10.1. The van der Waals surface area contributed by atoms with E-state index in [1.807, 2.05) is 48.7 Å². The fraction of sp³-hybridized carbons (Fsp3) is 0.0625. The first-order chi connectivity index (χ1) is 9.76. The third-order valence-electron chi connectivity index (χ3n) is 2.95. The quantitative estimate of drug-likeness (QED) is 0.607. The van der Waals surface area contributed by atoms with Crippen LogP contribution >= 0.6 is 23.4 Å². The van der Waals surface area contributed by atoms with E-state index in [4.69, 9.17) is 16.0 Å². The Hall–Kier alpha value is -1.71. The number of pyridine rings is 1. The van der Waals surface area contributed by atoms with Crippen LogP contribution in [0, 0.1) is 0 Å². The summed E-state index contributed by atoms with van der Waals surface area (Å²) in [4.78, 5) is 5.82. The Balaban J connectivity index is 2.11. The summed E-state index contributed by atoms with van der Waals surface area (Å²) >= 11 is 7.62. The summed E-state index contributed by atoms with van der Waals surface area (Å²) in [5.74, 6) is 0.774. The highest BCUT2D eigenvalue weighted by atomic mass is 35.5. The number of aromatic nitrogens is 1. The topological polar surface area (TPSA) is 26.0 Å². The zero-order valence-electron chi connectivity index (χ0n) is 10.8. The van der Waals surface area contributed by atoms with Crippen molar-refractivity contribution in [1.82, 2.24) is 4.98 Å². The lowest BCUT2D eigenvalue weighted by molar-refractivity contribution is 0.580. The Morgan fingerprint density at radius 3 is 2.45 bits per heavy atom. The Bertz CT molecular complexity index is 708. The van der Waals surface area contributed by atoms with E-state index in [1.165, 1.54) is 0 Å². The lowest BCUT2D eigenvalue weighted by Gasteiger charge is -2.06. The predicted molar refractivity (Wildman–Crippen MR) is 84.2 cm³/mol. The molecule has 0 aliphatic heterocycles. The summed E-state index contributed by atoms with van der Waals surface area (Å²) in [7, 11) is 0. The Morgan fingerprint density at radius 2 is 1.80 bits per heavy atom. The molecule has 0 aliphatic carbocycles. The van der Waals surface area contributed by atoms with Gasteiger partial charge in [0.1, 0.15) is 5.69 Å². The van der Waals surface area contributed by atoms with Gasteiger partial charge in [0.2, 0.25) is 0 Å². The molecule has 0 atom stereocenters. The second kappa shape index (κ2) is 5.73. The van der Waals surface area contributed by atoms with Crippen LogP contribution in [0.1, 0.15) is 0 Å². The molecule has 1 aromatic carbocycles. The van der Waals surface area contributed by atoms with E-state index in [0.717, 1.165) is 32.6 Å². The largest absolute Gasteiger partial charge is 0.463 e. The van der Waals surface area contributed by atoms with E-state index < -0.39 is 0 Å². The van der Waals surface area contributed by atoms with Crippen LogP contribution in [0.2, 0.25) is 5.02 Å². The summed E-state index contributed by atoms with van der Waals surface area (Å²) in [5.41, 5.74) is 2.80. The molecule has 100 valence electrons. The monoisotopic (exact) mass is 301 g/mol. The van der Waals surface area contributed by atoms with E-state index in [9.17, 15) is 0 Å². The number of hydrogen-bond acceptors (Lipinski definition) is 3. The second-order valence-electron chi connectivity index (χ2n) is 4.26. The molecule has 4 heteroatoms. The van der Waals surface area contributed by atoms with Gasteiger partial charge in [0.05, 0.1) is 12.0 Å². The van der Waals surface area contributed by atoms with Crippen molar-refractivity contribution in [3.05, 3.63) is 59.8 Å². The van der Waals surface area contributed by atoms with Crippen LogP contribution in [0.5, 0.6) is 0 Å². The molecular weight excluding hydrogens is 290 g/mol. The van der Waals surface area contributed by atoms with Gasteiger partial charge >= 0.3 is 0 Å². The maximum absolute atomic E-state index is 5.93. The summed E-state index contributed by atoms with van der Waals surface area (Å²) in [6, 6.07) is 15.6. The Morgan fingerprint density at radius 1 is 1.05 bits per heavy atom. The van der Waals surface area contributed by atoms with Crippen LogP contribution < -0.4 is 0 Å². The number of nitrogens with zero attached hydrogens (tertiary/aromatic N) is 1. The number of furan rings is 1. The average Bonchev–Trinajstić information content (AvgIpc) is 3.02. The van der Waals surface area contributed by atoms with Gasteiger partial charge in [-0.15, -0.1) is 11.8 Å². The highest BCUT2D eigenvalue weighted by Gasteiger charge is 2.08. The van der Waals surface area contributed by atoms with E-state index in [1.54, 1.807) is 18.0 Å². The molecule has 3 aromatic rings. The summed E-state index contributed by atoms with van der Waals surface area (Å²) < 4.78 is 5.44. The molecular formula is C16H12ClNOS. The molecule has 0 spiro atoms. The third-order valence-corrected chi connectivity index (χ3v) is 3.91. The normalized spacial score (nSPS) is 10.7. The van der Waals surface area contributed by atoms with Crippen LogP contribution in [0.3, 0.4) is 0 Å². The van der Waals surface area contributed by atoms with Gasteiger partial charge in [0, 0.05) is 15.5 Å². The molecule has 2 aromatic heterocycles. The first kappa shape index (κ1) is 13.3. The number of rotatable bonds is 3. The molecule has 0 N–H and O–H groups in total. The van der Waals surface area contributed by atoms with Gasteiger partial charge in [-0.1, -0.05) is 23.7 Å². The van der Waals surface area contributed by atoms with Crippen molar-refractivity contribution in [3.63, 3.8) is 0 Å². The van der Waals surface area contributed by atoms with E-state index in [-0.39, 0.29) is 0 Å². The van der Waals surface area contributed by atoms with Gasteiger partial charge < -0.3 is 4.42 Å². The van der Waals surface area contributed by atoms with E-state index in [0.29, 0.717) is 0 Å². The molecule has 3 rings (SSSR count). The molecule has 0 amide bonds. The molecule has 0 fully saturated rings. The summed E-state index contributed by atoms with van der Waals surface area (Å²) in [6.07, 6.45) is 3.71. The predicted octanol–water partition coefficient (Wildman–Crippen LogP) is 5.38. The minimum absolute atomic E-state index is 0.723. The Labute approximate surface area is 126 Å². The SMILES string of the molecule is CSc1cc(-c2ccc(Cl)cc2)nc(-c2ccco2)c1. The third kappa shape index (κ3) is 2.74. The molecule has 0 radical (unpaired) electrons. The first-order valence-electron chi connectivity index (χ1n) is 6.12. The van der Waals surface area contributed by atoms with Crippen molar-refractivity contribution in [3.8, 4) is 22.7 Å². The standard InChI is InChI=1S/C16H12ClNOS/c1-20-13-9-14(11-4-6-12(17)7-5-11)18-15(10-13)16-3-2-8-19-16/h2-10H,1H3. The lowest BCUT2D eigenvalue weighted by Crippen LogP contribution is -1.88.